The number of fused-ring (bicyclic) bond motifs is 7. The standard InChI is InChI=1S/C37H37N6/c1-23-20-24(2)34(25(3)21-23)42-19-18-41-33-22-27(14-15-30(33)29-11-6-7-12-31(29)37(41)42)28-10-8-9-13-32(28)43-26(4)40(5)35-36(43)39-17-16-38-35/h6-14,16-21,26,30,33H,15,22H2,1-5H3/q+1. The second kappa shape index (κ2) is 9.66. The van der Waals surface area contributed by atoms with E-state index in [0.717, 1.165) is 24.5 Å². The molecule has 43 heavy (non-hydrogen) atoms. The molecule has 3 aliphatic rings. The molecule has 0 bridgehead atoms. The molecule has 1 aliphatic carbocycles. The van der Waals surface area contributed by atoms with E-state index >= 15 is 0 Å². The van der Waals surface area contributed by atoms with Gasteiger partial charge in [-0.3, -0.25) is 0 Å². The molecule has 0 fully saturated rings. The van der Waals surface area contributed by atoms with Crippen molar-refractivity contribution in [2.75, 3.05) is 16.8 Å². The van der Waals surface area contributed by atoms with Crippen LogP contribution < -0.4 is 14.4 Å². The van der Waals surface area contributed by atoms with Crippen molar-refractivity contribution < 1.29 is 4.57 Å². The summed E-state index contributed by atoms with van der Waals surface area (Å²) >= 11 is 0. The molecule has 0 saturated heterocycles. The van der Waals surface area contributed by atoms with Crippen LogP contribution in [-0.2, 0) is 0 Å². The Morgan fingerprint density at radius 1 is 0.860 bits per heavy atom. The number of imidazole rings is 1. The summed E-state index contributed by atoms with van der Waals surface area (Å²) in [6.07, 6.45) is 12.8. The number of para-hydroxylation sites is 1. The predicted octanol–water partition coefficient (Wildman–Crippen LogP) is 7.60. The van der Waals surface area contributed by atoms with Gasteiger partial charge in [0.25, 0.3) is 5.82 Å². The lowest BCUT2D eigenvalue weighted by Gasteiger charge is -2.36. The van der Waals surface area contributed by atoms with Crippen molar-refractivity contribution in [1.29, 1.82) is 0 Å². The Kier molecular flexibility index (Phi) is 5.83. The molecule has 5 aromatic rings. The van der Waals surface area contributed by atoms with Gasteiger partial charge in [0.15, 0.2) is 11.6 Å². The number of hydrogen-bond acceptors (Lipinski definition) is 4. The van der Waals surface area contributed by atoms with Crippen LogP contribution in [-0.4, -0.2) is 27.7 Å². The monoisotopic (exact) mass is 565 g/mol. The molecule has 214 valence electrons. The van der Waals surface area contributed by atoms with Crippen LogP contribution in [0.3, 0.4) is 0 Å². The van der Waals surface area contributed by atoms with Gasteiger partial charge in [-0.1, -0.05) is 60.2 Å². The predicted molar refractivity (Wildman–Crippen MR) is 173 cm³/mol. The van der Waals surface area contributed by atoms with Gasteiger partial charge in [-0.05, 0) is 68.5 Å². The van der Waals surface area contributed by atoms with E-state index in [1.54, 1.807) is 12.4 Å². The van der Waals surface area contributed by atoms with Crippen molar-refractivity contribution in [1.82, 2.24) is 14.5 Å². The van der Waals surface area contributed by atoms with Crippen LogP contribution in [0.15, 0.2) is 91.5 Å². The third kappa shape index (κ3) is 3.82. The molecule has 0 N–H and O–H groups in total. The first-order valence-corrected chi connectivity index (χ1v) is 15.3. The largest absolute Gasteiger partial charge is 0.336 e. The lowest BCUT2D eigenvalue weighted by molar-refractivity contribution is -0.716. The number of nitrogens with zero attached hydrogens (tertiary/aromatic N) is 6. The maximum atomic E-state index is 4.77. The maximum absolute atomic E-state index is 4.77. The quantitative estimate of drug-likeness (QED) is 0.211. The lowest BCUT2D eigenvalue weighted by Crippen LogP contribution is -2.47. The molecule has 0 saturated carbocycles. The normalized spacial score (nSPS) is 20.3. The van der Waals surface area contributed by atoms with Crippen LogP contribution >= 0.6 is 0 Å². The van der Waals surface area contributed by atoms with Gasteiger partial charge in [0.2, 0.25) is 0 Å². The van der Waals surface area contributed by atoms with Crippen molar-refractivity contribution in [3.8, 4) is 17.1 Å². The third-order valence-electron chi connectivity index (χ3n) is 9.86. The second-order valence-corrected chi connectivity index (χ2v) is 12.4. The minimum absolute atomic E-state index is 0.119. The lowest BCUT2D eigenvalue weighted by atomic mass is 9.75. The number of aryl methyl sites for hydroxylation is 3. The van der Waals surface area contributed by atoms with Gasteiger partial charge in [0, 0.05) is 37.3 Å². The highest BCUT2D eigenvalue weighted by atomic mass is 15.5. The molecule has 8 rings (SSSR count). The molecule has 0 radical (unpaired) electrons. The fraction of sp³-hybridized carbons (Fsp3) is 0.270. The van der Waals surface area contributed by atoms with Crippen LogP contribution in [0.4, 0.5) is 17.3 Å². The molecular weight excluding hydrogens is 528 g/mol. The molecule has 3 unspecified atom stereocenters. The number of allylic oxidation sites excluding steroid dienone is 2. The highest BCUT2D eigenvalue weighted by molar-refractivity contribution is 5.86. The first kappa shape index (κ1) is 26.0. The molecule has 2 aromatic heterocycles. The van der Waals surface area contributed by atoms with E-state index in [-0.39, 0.29) is 6.17 Å². The van der Waals surface area contributed by atoms with Crippen LogP contribution in [0.1, 0.15) is 59.5 Å². The fourth-order valence-corrected chi connectivity index (χ4v) is 7.96. The first-order valence-electron chi connectivity index (χ1n) is 15.3. The number of rotatable bonds is 3. The van der Waals surface area contributed by atoms with E-state index in [1.165, 1.54) is 56.2 Å². The van der Waals surface area contributed by atoms with Gasteiger partial charge >= 0.3 is 0 Å². The average Bonchev–Trinajstić information content (AvgIpc) is 3.56. The molecule has 0 amide bonds. The first-order chi connectivity index (χ1) is 20.9. The summed E-state index contributed by atoms with van der Waals surface area (Å²) in [6.45, 7) is 8.88. The Morgan fingerprint density at radius 3 is 2.35 bits per heavy atom. The summed E-state index contributed by atoms with van der Waals surface area (Å²) in [5, 5.41) is 0. The van der Waals surface area contributed by atoms with Crippen molar-refractivity contribution >= 4 is 22.9 Å². The van der Waals surface area contributed by atoms with Crippen LogP contribution in [0.2, 0.25) is 0 Å². The molecule has 3 aromatic carbocycles. The van der Waals surface area contributed by atoms with Gasteiger partial charge < -0.3 is 9.80 Å². The summed E-state index contributed by atoms with van der Waals surface area (Å²) in [6, 6.07) is 22.8. The number of aromatic nitrogens is 4. The zero-order valence-electron chi connectivity index (χ0n) is 25.5. The number of benzene rings is 3. The maximum Gasteiger partial charge on any atom is 0.294 e. The number of hydrogen-bond donors (Lipinski definition) is 0. The van der Waals surface area contributed by atoms with E-state index in [0.29, 0.717) is 12.0 Å². The zero-order chi connectivity index (χ0) is 29.4. The molecule has 4 heterocycles. The van der Waals surface area contributed by atoms with Crippen molar-refractivity contribution in [3.63, 3.8) is 0 Å². The smallest absolute Gasteiger partial charge is 0.294 e. The third-order valence-corrected chi connectivity index (χ3v) is 9.86. The summed E-state index contributed by atoms with van der Waals surface area (Å²) in [4.78, 5) is 14.0. The summed E-state index contributed by atoms with van der Waals surface area (Å²) < 4.78 is 5.00. The highest BCUT2D eigenvalue weighted by Crippen LogP contribution is 2.50. The van der Waals surface area contributed by atoms with Gasteiger partial charge in [-0.15, -0.1) is 0 Å². The van der Waals surface area contributed by atoms with E-state index < -0.39 is 0 Å². The van der Waals surface area contributed by atoms with Crippen molar-refractivity contribution in [3.05, 3.63) is 119 Å². The van der Waals surface area contributed by atoms with Crippen LogP contribution in [0, 0.1) is 20.8 Å². The summed E-state index contributed by atoms with van der Waals surface area (Å²) in [5.74, 6) is 3.56. The van der Waals surface area contributed by atoms with Crippen molar-refractivity contribution in [2.24, 2.45) is 0 Å². The molecule has 6 nitrogen and oxygen atoms in total. The van der Waals surface area contributed by atoms with Crippen molar-refractivity contribution in [2.45, 2.75) is 58.7 Å². The van der Waals surface area contributed by atoms with E-state index in [2.05, 4.69) is 138 Å². The topological polar surface area (TPSA) is 41.1 Å². The molecule has 0 spiro atoms. The summed E-state index contributed by atoms with van der Waals surface area (Å²) in [7, 11) is 2.10. The zero-order valence-corrected chi connectivity index (χ0v) is 25.5. The van der Waals surface area contributed by atoms with E-state index in [9.17, 15) is 0 Å². The van der Waals surface area contributed by atoms with E-state index in [4.69, 9.17) is 4.98 Å². The Bertz CT molecular complexity index is 1910. The van der Waals surface area contributed by atoms with Gasteiger partial charge in [-0.2, -0.15) is 4.57 Å². The Labute approximate surface area is 253 Å². The molecular formula is C37H37N6+. The van der Waals surface area contributed by atoms with Gasteiger partial charge in [0.1, 0.15) is 30.3 Å². The SMILES string of the molecule is Cc1cc(C)c(-n2cc[n+]3c2-c2ccccc2C2CC=C(c4ccccc4N4c5nccnc5N(C)C4C)CC23)c(C)c1. The summed E-state index contributed by atoms with van der Waals surface area (Å²) in [5.41, 5.74) is 11.9. The Morgan fingerprint density at radius 2 is 1.56 bits per heavy atom. The average molecular weight is 566 g/mol. The Hall–Kier alpha value is -4.71. The molecule has 3 atom stereocenters. The van der Waals surface area contributed by atoms with Gasteiger partial charge in [0.05, 0.1) is 11.3 Å². The number of anilines is 3. The molecule has 2 aliphatic heterocycles. The van der Waals surface area contributed by atoms with E-state index in [1.807, 2.05) is 0 Å². The fourth-order valence-electron chi connectivity index (χ4n) is 7.96. The van der Waals surface area contributed by atoms with Crippen LogP contribution in [0.5, 0.6) is 0 Å². The molecule has 6 heteroatoms. The second-order valence-electron chi connectivity index (χ2n) is 12.4. The Balaban J connectivity index is 1.25. The minimum atomic E-state index is 0.119. The van der Waals surface area contributed by atoms with Crippen LogP contribution in [0.25, 0.3) is 22.6 Å². The van der Waals surface area contributed by atoms with Gasteiger partial charge in [-0.25, -0.2) is 14.5 Å². The minimum Gasteiger partial charge on any atom is -0.336 e. The highest BCUT2D eigenvalue weighted by Gasteiger charge is 2.43.